The number of hydrogen-bond acceptors (Lipinski definition) is 1. The van der Waals surface area contributed by atoms with Crippen LogP contribution < -0.4 is 0 Å². The molecule has 6 aromatic carbocycles. The molecule has 1 heterocycles. The van der Waals surface area contributed by atoms with Gasteiger partial charge in [-0.05, 0) is 63.9 Å². The number of hydrogen-bond donors (Lipinski definition) is 0. The second-order valence-electron chi connectivity index (χ2n) is 9.28. The van der Waals surface area contributed by atoms with Crippen molar-refractivity contribution in [1.82, 2.24) is 4.57 Å². The highest BCUT2D eigenvalue weighted by Gasteiger charge is 2.15. The molecule has 2 nitrogen and oxygen atoms in total. The Balaban J connectivity index is 1.48. The van der Waals surface area contributed by atoms with E-state index in [0.29, 0.717) is 5.56 Å². The molecule has 0 saturated carbocycles. The van der Waals surface area contributed by atoms with Crippen molar-refractivity contribution in [2.45, 2.75) is 0 Å². The fourth-order valence-corrected chi connectivity index (χ4v) is 5.60. The average Bonchev–Trinajstić information content (AvgIpc) is 3.31. The zero-order chi connectivity index (χ0) is 24.8. The van der Waals surface area contributed by atoms with E-state index in [0.717, 1.165) is 22.2 Å². The highest BCUT2D eigenvalue weighted by Crippen LogP contribution is 2.39. The van der Waals surface area contributed by atoms with Crippen LogP contribution in [0.3, 0.4) is 0 Å². The van der Waals surface area contributed by atoms with Crippen LogP contribution in [0.1, 0.15) is 5.56 Å². The summed E-state index contributed by atoms with van der Waals surface area (Å²) in [6.45, 7) is 0. The Kier molecular flexibility index (Phi) is 4.87. The smallest absolute Gasteiger partial charge is 0.0998 e. The molecule has 0 spiro atoms. The first kappa shape index (κ1) is 21.2. The van der Waals surface area contributed by atoms with Crippen LogP contribution in [0.4, 0.5) is 0 Å². The molecule has 0 fully saturated rings. The van der Waals surface area contributed by atoms with Crippen molar-refractivity contribution in [3.63, 3.8) is 0 Å². The van der Waals surface area contributed by atoms with Crippen LogP contribution in [0.5, 0.6) is 0 Å². The fraction of sp³-hybridized carbons (Fsp3) is 0. The van der Waals surface area contributed by atoms with Gasteiger partial charge in [0, 0.05) is 22.0 Å². The number of benzene rings is 6. The number of nitrogens with zero attached hydrogens (tertiary/aromatic N) is 2. The predicted octanol–water partition coefficient (Wildman–Crippen LogP) is 9.14. The van der Waals surface area contributed by atoms with Gasteiger partial charge in [-0.25, -0.2) is 0 Å². The Morgan fingerprint density at radius 1 is 0.459 bits per heavy atom. The molecule has 7 aromatic rings. The highest BCUT2D eigenvalue weighted by atomic mass is 15.0. The summed E-state index contributed by atoms with van der Waals surface area (Å²) in [5.41, 5.74) is 8.66. The van der Waals surface area contributed by atoms with Crippen molar-refractivity contribution in [3.05, 3.63) is 139 Å². The minimum atomic E-state index is 0.690. The lowest BCUT2D eigenvalue weighted by Gasteiger charge is -2.13. The molecule has 37 heavy (non-hydrogen) atoms. The van der Waals surface area contributed by atoms with E-state index in [-0.39, 0.29) is 0 Å². The van der Waals surface area contributed by atoms with Gasteiger partial charge in [-0.2, -0.15) is 5.26 Å². The lowest BCUT2D eigenvalue weighted by molar-refractivity contribution is 1.18. The van der Waals surface area contributed by atoms with Crippen molar-refractivity contribution in [2.75, 3.05) is 0 Å². The van der Waals surface area contributed by atoms with Crippen LogP contribution in [0, 0.1) is 11.3 Å². The van der Waals surface area contributed by atoms with Gasteiger partial charge in [-0.1, -0.05) is 97.1 Å². The first-order valence-corrected chi connectivity index (χ1v) is 12.4. The molecule has 0 aliphatic rings. The van der Waals surface area contributed by atoms with Crippen molar-refractivity contribution < 1.29 is 0 Å². The minimum absolute atomic E-state index is 0.690. The minimum Gasteiger partial charge on any atom is -0.309 e. The Morgan fingerprint density at radius 2 is 1.08 bits per heavy atom. The van der Waals surface area contributed by atoms with Gasteiger partial charge in [0.25, 0.3) is 0 Å². The SMILES string of the molecule is N#Cc1ccccc1-c1ccc(-c2ccc3c(c2)c2ccccc2n3-c2ccccc2)c2ccccc12. The van der Waals surface area contributed by atoms with Crippen LogP contribution in [-0.2, 0) is 0 Å². The van der Waals surface area contributed by atoms with Gasteiger partial charge in [-0.3, -0.25) is 0 Å². The van der Waals surface area contributed by atoms with Gasteiger partial charge >= 0.3 is 0 Å². The first-order chi connectivity index (χ1) is 18.3. The van der Waals surface area contributed by atoms with Crippen LogP contribution in [0.15, 0.2) is 133 Å². The molecule has 0 aliphatic carbocycles. The first-order valence-electron chi connectivity index (χ1n) is 12.4. The van der Waals surface area contributed by atoms with E-state index in [1.54, 1.807) is 0 Å². The van der Waals surface area contributed by atoms with Gasteiger partial charge in [0.05, 0.1) is 22.7 Å². The van der Waals surface area contributed by atoms with Gasteiger partial charge in [-0.15, -0.1) is 0 Å². The van der Waals surface area contributed by atoms with Crippen LogP contribution >= 0.6 is 0 Å². The summed E-state index contributed by atoms with van der Waals surface area (Å²) in [4.78, 5) is 0. The molecule has 0 radical (unpaired) electrons. The number of aromatic nitrogens is 1. The topological polar surface area (TPSA) is 28.7 Å². The van der Waals surface area contributed by atoms with E-state index in [1.165, 1.54) is 38.3 Å². The molecule has 0 amide bonds. The highest BCUT2D eigenvalue weighted by molar-refractivity contribution is 6.12. The largest absolute Gasteiger partial charge is 0.309 e. The maximum atomic E-state index is 9.70. The van der Waals surface area contributed by atoms with Crippen molar-refractivity contribution in [2.24, 2.45) is 0 Å². The Bertz CT molecular complexity index is 1990. The maximum Gasteiger partial charge on any atom is 0.0998 e. The Morgan fingerprint density at radius 3 is 1.89 bits per heavy atom. The third-order valence-electron chi connectivity index (χ3n) is 7.26. The summed E-state index contributed by atoms with van der Waals surface area (Å²) in [7, 11) is 0. The Hall–Kier alpha value is -5.13. The van der Waals surface area contributed by atoms with E-state index in [2.05, 4.69) is 120 Å². The van der Waals surface area contributed by atoms with E-state index < -0.39 is 0 Å². The molecule has 0 bridgehead atoms. The molecular weight excluding hydrogens is 448 g/mol. The molecule has 7 rings (SSSR count). The number of para-hydroxylation sites is 2. The molecular formula is C35H22N2. The summed E-state index contributed by atoms with van der Waals surface area (Å²) in [6, 6.07) is 49.0. The molecule has 0 saturated heterocycles. The van der Waals surface area contributed by atoms with E-state index in [9.17, 15) is 5.26 Å². The van der Waals surface area contributed by atoms with Crippen LogP contribution in [-0.4, -0.2) is 4.57 Å². The summed E-state index contributed by atoms with van der Waals surface area (Å²) < 4.78 is 2.34. The van der Waals surface area contributed by atoms with Crippen molar-refractivity contribution in [3.8, 4) is 34.0 Å². The molecule has 0 aliphatic heterocycles. The van der Waals surface area contributed by atoms with Gasteiger partial charge in [0.2, 0.25) is 0 Å². The summed E-state index contributed by atoms with van der Waals surface area (Å²) >= 11 is 0. The van der Waals surface area contributed by atoms with E-state index in [4.69, 9.17) is 0 Å². The lowest BCUT2D eigenvalue weighted by atomic mass is 9.90. The number of fused-ring (bicyclic) bond motifs is 4. The standard InChI is InChI=1S/C35H22N2/c36-23-25-10-4-5-13-27(25)31-20-19-28(29-14-6-7-15-30(29)31)24-18-21-35-33(22-24)32-16-8-9-17-34(32)37(35)26-11-2-1-3-12-26/h1-22H. The summed E-state index contributed by atoms with van der Waals surface area (Å²) in [5.74, 6) is 0. The van der Waals surface area contributed by atoms with Gasteiger partial charge < -0.3 is 4.57 Å². The van der Waals surface area contributed by atoms with Crippen molar-refractivity contribution >= 4 is 32.6 Å². The third kappa shape index (κ3) is 3.33. The van der Waals surface area contributed by atoms with Crippen LogP contribution in [0.25, 0.3) is 60.5 Å². The summed E-state index contributed by atoms with van der Waals surface area (Å²) in [5, 5.41) is 14.5. The second-order valence-corrected chi connectivity index (χ2v) is 9.28. The quantitative estimate of drug-likeness (QED) is 0.253. The van der Waals surface area contributed by atoms with E-state index >= 15 is 0 Å². The average molecular weight is 471 g/mol. The summed E-state index contributed by atoms with van der Waals surface area (Å²) in [6.07, 6.45) is 0. The molecule has 0 unspecified atom stereocenters. The molecule has 172 valence electrons. The predicted molar refractivity (Wildman–Crippen MR) is 154 cm³/mol. The molecule has 0 atom stereocenters. The van der Waals surface area contributed by atoms with Gasteiger partial charge in [0.1, 0.15) is 0 Å². The number of rotatable bonds is 3. The second kappa shape index (κ2) is 8.52. The number of nitriles is 1. The zero-order valence-electron chi connectivity index (χ0n) is 20.1. The van der Waals surface area contributed by atoms with Crippen molar-refractivity contribution in [1.29, 1.82) is 5.26 Å². The van der Waals surface area contributed by atoms with Crippen LogP contribution in [0.2, 0.25) is 0 Å². The Labute approximate surface area is 215 Å². The molecule has 0 N–H and O–H groups in total. The maximum absolute atomic E-state index is 9.70. The zero-order valence-corrected chi connectivity index (χ0v) is 20.1. The van der Waals surface area contributed by atoms with E-state index in [1.807, 2.05) is 24.3 Å². The molecule has 1 aromatic heterocycles. The van der Waals surface area contributed by atoms with Gasteiger partial charge in [0.15, 0.2) is 0 Å². The lowest BCUT2D eigenvalue weighted by Crippen LogP contribution is -1.93. The monoisotopic (exact) mass is 470 g/mol. The molecule has 2 heteroatoms. The normalized spacial score (nSPS) is 11.2. The third-order valence-corrected chi connectivity index (χ3v) is 7.26. The fourth-order valence-electron chi connectivity index (χ4n) is 5.60.